The number of methoxy groups -OCH3 is 1. The summed E-state index contributed by atoms with van der Waals surface area (Å²) >= 11 is 0. The van der Waals surface area contributed by atoms with Crippen LogP contribution >= 0.6 is 0 Å². The highest BCUT2D eigenvalue weighted by Crippen LogP contribution is 2.45. The van der Waals surface area contributed by atoms with E-state index in [9.17, 15) is 22.7 Å². The Hall–Kier alpha value is -5.31. The van der Waals surface area contributed by atoms with Crippen molar-refractivity contribution in [2.75, 3.05) is 45.4 Å². The smallest absolute Gasteiger partial charge is 0.232 e. The molecule has 0 amide bonds. The number of nitrogens with zero attached hydrogens (tertiary/aromatic N) is 4. The lowest BCUT2D eigenvalue weighted by molar-refractivity contribution is 0.0609. The van der Waals surface area contributed by atoms with Gasteiger partial charge in [0, 0.05) is 47.3 Å². The first kappa shape index (κ1) is 32.6. The maximum atomic E-state index is 14.8. The molecular weight excluding hydrogens is 641 g/mol. The van der Waals surface area contributed by atoms with Crippen LogP contribution < -0.4 is 19.1 Å². The van der Waals surface area contributed by atoms with Gasteiger partial charge in [-0.15, -0.1) is 0 Å². The van der Waals surface area contributed by atoms with Gasteiger partial charge in [0.2, 0.25) is 15.9 Å². The second-order valence-electron chi connectivity index (χ2n) is 11.0. The van der Waals surface area contributed by atoms with E-state index in [0.29, 0.717) is 62.4 Å². The molecule has 0 saturated heterocycles. The van der Waals surface area contributed by atoms with Crippen molar-refractivity contribution in [1.29, 1.82) is 0 Å². The van der Waals surface area contributed by atoms with Crippen LogP contribution in [0.4, 0.5) is 10.1 Å². The molecule has 7 rings (SSSR count). The minimum Gasteiger partial charge on any atom is -0.481 e. The van der Waals surface area contributed by atoms with Gasteiger partial charge < -0.3 is 28.9 Å². The van der Waals surface area contributed by atoms with E-state index in [1.54, 1.807) is 59.2 Å². The normalized spacial score (nSPS) is 13.7. The summed E-state index contributed by atoms with van der Waals surface area (Å²) in [7, 11) is 2.90. The summed E-state index contributed by atoms with van der Waals surface area (Å²) in [6.45, 7) is -0.366. The van der Waals surface area contributed by atoms with Gasteiger partial charge in [0.1, 0.15) is 28.6 Å². The van der Waals surface area contributed by atoms with Gasteiger partial charge in [-0.25, -0.2) is 22.8 Å². The molecule has 1 unspecified atom stereocenters. The summed E-state index contributed by atoms with van der Waals surface area (Å²) < 4.78 is 60.4. The van der Waals surface area contributed by atoms with Crippen molar-refractivity contribution < 1.29 is 36.6 Å². The first-order valence-corrected chi connectivity index (χ1v) is 16.6. The van der Waals surface area contributed by atoms with Gasteiger partial charge in [-0.3, -0.25) is 9.10 Å². The van der Waals surface area contributed by atoms with E-state index in [4.69, 9.17) is 18.9 Å². The Morgan fingerprint density at radius 2 is 1.90 bits per heavy atom. The van der Waals surface area contributed by atoms with Crippen LogP contribution in [0.1, 0.15) is 16.6 Å². The average Bonchev–Trinajstić information content (AvgIpc) is 3.66. The van der Waals surface area contributed by atoms with E-state index in [1.807, 2.05) is 14.1 Å². The number of anilines is 1. The van der Waals surface area contributed by atoms with Crippen LogP contribution in [-0.4, -0.2) is 75.5 Å². The Morgan fingerprint density at radius 1 is 1.12 bits per heavy atom. The lowest BCUT2D eigenvalue weighted by Gasteiger charge is -2.28. The maximum absolute atomic E-state index is 14.8. The number of fused-ring (bicyclic) bond motifs is 6. The number of furan rings is 1. The molecular formula is C34H32FN5O7S. The van der Waals surface area contributed by atoms with E-state index in [0.717, 1.165) is 10.6 Å². The van der Waals surface area contributed by atoms with Crippen LogP contribution in [0.2, 0.25) is 0 Å². The highest BCUT2D eigenvalue weighted by atomic mass is 32.2. The number of aliphatic hydroxyl groups is 1. The summed E-state index contributed by atoms with van der Waals surface area (Å²) in [6.07, 6.45) is 2.45. The summed E-state index contributed by atoms with van der Waals surface area (Å²) in [5.41, 5.74) is 3.45. The van der Waals surface area contributed by atoms with E-state index >= 15 is 0 Å². The lowest BCUT2D eigenvalue weighted by Crippen LogP contribution is -2.26. The van der Waals surface area contributed by atoms with Crippen LogP contribution in [0, 0.1) is 5.82 Å². The van der Waals surface area contributed by atoms with Crippen LogP contribution in [-0.2, 0) is 10.0 Å². The molecule has 1 aliphatic heterocycles. The molecule has 2 aromatic carbocycles. The van der Waals surface area contributed by atoms with Gasteiger partial charge in [-0.05, 0) is 56.6 Å². The van der Waals surface area contributed by atoms with Crippen LogP contribution in [0.25, 0.3) is 55.8 Å². The number of aldehydes is 1. The molecule has 248 valence electrons. The highest BCUT2D eigenvalue weighted by Gasteiger charge is 2.30. The monoisotopic (exact) mass is 673 g/mol. The summed E-state index contributed by atoms with van der Waals surface area (Å²) in [4.78, 5) is 21.5. The number of carbonyl (C=O) groups excluding carboxylic acids is 1. The third-order valence-corrected chi connectivity index (χ3v) is 9.11. The molecule has 14 heteroatoms. The summed E-state index contributed by atoms with van der Waals surface area (Å²) in [6, 6.07) is 16.2. The number of aliphatic hydroxyl groups excluding tert-OH is 1. The molecule has 48 heavy (non-hydrogen) atoms. The summed E-state index contributed by atoms with van der Waals surface area (Å²) in [5.74, 6) is 0.569. The number of benzene rings is 2. The molecule has 0 fully saturated rings. The van der Waals surface area contributed by atoms with Crippen molar-refractivity contribution in [3.8, 4) is 45.6 Å². The third kappa shape index (κ3) is 5.53. The molecule has 2 N–H and O–H groups in total. The van der Waals surface area contributed by atoms with Crippen LogP contribution in [0.15, 0.2) is 71.3 Å². The van der Waals surface area contributed by atoms with Crippen LogP contribution in [0.5, 0.6) is 11.6 Å². The zero-order chi connectivity index (χ0) is 34.3. The number of aromatic nitrogens is 3. The minimum absolute atomic E-state index is 0.245. The number of hydrogen-bond acceptors (Lipinski definition) is 10. The molecule has 0 bridgehead atoms. The van der Waals surface area contributed by atoms with Crippen molar-refractivity contribution in [3.05, 3.63) is 78.2 Å². The molecule has 6 aromatic rings. The van der Waals surface area contributed by atoms with E-state index in [2.05, 4.69) is 10.3 Å². The predicted molar refractivity (Wildman–Crippen MR) is 180 cm³/mol. The average molecular weight is 674 g/mol. The molecule has 1 atom stereocenters. The number of sulfonamides is 1. The van der Waals surface area contributed by atoms with E-state index < -0.39 is 22.1 Å². The van der Waals surface area contributed by atoms with Crippen LogP contribution in [0.3, 0.4) is 0 Å². The number of carbonyl (C=O) groups is 1. The number of hydrogen-bond donors (Lipinski definition) is 2. The van der Waals surface area contributed by atoms with Gasteiger partial charge >= 0.3 is 0 Å². The number of nitrogens with one attached hydrogen (secondary N) is 1. The van der Waals surface area contributed by atoms with E-state index in [1.165, 1.54) is 26.4 Å². The molecule has 1 aliphatic rings. The van der Waals surface area contributed by atoms with E-state index in [-0.39, 0.29) is 29.2 Å². The Morgan fingerprint density at radius 3 is 2.54 bits per heavy atom. The van der Waals surface area contributed by atoms with Crippen molar-refractivity contribution in [2.45, 2.75) is 6.23 Å². The van der Waals surface area contributed by atoms with Crippen molar-refractivity contribution in [1.82, 2.24) is 19.9 Å². The zero-order valence-electron chi connectivity index (χ0n) is 26.7. The number of rotatable bonds is 7. The predicted octanol–water partition coefficient (Wildman–Crippen LogP) is 5.25. The molecule has 4 aromatic heterocycles. The molecule has 0 radical (unpaired) electrons. The first-order chi connectivity index (χ1) is 23.0. The third-order valence-electron chi connectivity index (χ3n) is 7.92. The van der Waals surface area contributed by atoms with Crippen molar-refractivity contribution in [3.63, 3.8) is 0 Å². The van der Waals surface area contributed by atoms with Crippen molar-refractivity contribution in [2.24, 2.45) is 0 Å². The standard InChI is InChI=1S/C32H25FN4O7S.C2H7N/c1-36(45(3,40)41)25-13-28-18(21(15-38)32(44-28)17-7-10-29(42-2)34-14-17)11-20(25)23-8-9-27-31(35-23)26-12-19-22(33)5-4-6-24(19)37(26)30(16-39)43-27;1-3-2/h4-15,30,39H,16H2,1-3H3;3H,1-2H3. The number of ether oxygens (including phenoxy) is 2. The fourth-order valence-electron chi connectivity index (χ4n) is 5.66. The second-order valence-corrected chi connectivity index (χ2v) is 13.0. The van der Waals surface area contributed by atoms with Gasteiger partial charge in [-0.2, -0.15) is 0 Å². The molecule has 0 aliphatic carbocycles. The zero-order valence-corrected chi connectivity index (χ0v) is 27.5. The Kier molecular flexibility index (Phi) is 8.64. The second kappa shape index (κ2) is 12.7. The first-order valence-electron chi connectivity index (χ1n) is 14.7. The number of pyridine rings is 2. The molecule has 0 spiro atoms. The van der Waals surface area contributed by atoms with Gasteiger partial charge in [-0.1, -0.05) is 6.07 Å². The Balaban J connectivity index is 0.00000129. The molecule has 12 nitrogen and oxygen atoms in total. The highest BCUT2D eigenvalue weighted by molar-refractivity contribution is 7.92. The van der Waals surface area contributed by atoms with Gasteiger partial charge in [0.05, 0.1) is 48.1 Å². The SMILES string of the molecule is CNC.COc1ccc(-c2oc3cc(N(C)S(C)(=O)=O)c(-c4ccc5c(n4)-c4cc6c(F)cccc6n4C(CO)O5)cc3c2C=O)cn1. The van der Waals surface area contributed by atoms with Gasteiger partial charge in [0.25, 0.3) is 0 Å². The molecule has 0 saturated carbocycles. The maximum Gasteiger partial charge on any atom is 0.232 e. The largest absolute Gasteiger partial charge is 0.481 e. The Bertz CT molecular complexity index is 2280. The number of halogens is 1. The van der Waals surface area contributed by atoms with Crippen molar-refractivity contribution >= 4 is 43.9 Å². The quantitative estimate of drug-likeness (QED) is 0.215. The minimum atomic E-state index is -3.75. The molecule has 5 heterocycles. The lowest BCUT2D eigenvalue weighted by atomic mass is 10.0. The topological polar surface area (TPSA) is 149 Å². The fourth-order valence-corrected chi connectivity index (χ4v) is 6.17. The summed E-state index contributed by atoms with van der Waals surface area (Å²) in [5, 5.41) is 13.6. The van der Waals surface area contributed by atoms with Gasteiger partial charge in [0.15, 0.2) is 12.5 Å². The Labute approximate surface area is 275 Å². The fraction of sp³-hybridized carbons (Fsp3) is 0.206.